The smallest absolute Gasteiger partial charge is 0.0933 e. The van der Waals surface area contributed by atoms with E-state index < -0.39 is 13.2 Å². The molecule has 8 saturated carbocycles. The van der Waals surface area contributed by atoms with Crippen molar-refractivity contribution in [3.8, 4) is 0 Å². The van der Waals surface area contributed by atoms with E-state index >= 15 is 0 Å². The highest BCUT2D eigenvalue weighted by molar-refractivity contribution is 7.59. The topological polar surface area (TPSA) is 25.8 Å². The van der Waals surface area contributed by atoms with Crippen molar-refractivity contribution in [2.75, 3.05) is 6.16 Å². The van der Waals surface area contributed by atoms with Gasteiger partial charge in [-0.25, -0.2) is 0 Å². The summed E-state index contributed by atoms with van der Waals surface area (Å²) in [5.74, 6) is 8.17. The molecule has 0 radical (unpaired) electrons. The normalized spacial score (nSPS) is 36.3. The summed E-state index contributed by atoms with van der Waals surface area (Å²) < 4.78 is 0. The standard InChI is InChI=1S/C48H58N2P2Si/c1-53(2,3)40-26-39(28-52(46-35-18-29-16-30(20-35)21-36(46)19-29)47-37-22-31-17-32(24-37)25-38(47)23-31)41(27-40)48(51,44-14-12-33-8-4-6-10-42(33)49-44)45-15-13-34-9-5-7-11-43(34)50-45/h4-15,26-27,29-32,35-38,40,46-47H,16-25,28,51H2,1-3H3. The molecule has 9 aliphatic rings. The highest BCUT2D eigenvalue weighted by Crippen LogP contribution is 2.72. The third-order valence-corrected chi connectivity index (χ3v) is 23.1. The summed E-state index contributed by atoms with van der Waals surface area (Å²) in [5.41, 5.74) is 10.1. The van der Waals surface area contributed by atoms with E-state index in [4.69, 9.17) is 9.97 Å². The zero-order chi connectivity index (χ0) is 35.6. The van der Waals surface area contributed by atoms with Crippen molar-refractivity contribution in [1.29, 1.82) is 0 Å². The molecule has 53 heavy (non-hydrogen) atoms. The molecule has 0 spiro atoms. The average Bonchev–Trinajstić information content (AvgIpc) is 3.58. The first-order valence-electron chi connectivity index (χ1n) is 21.4. The third-order valence-electron chi connectivity index (χ3n) is 16.0. The molecule has 0 saturated heterocycles. The van der Waals surface area contributed by atoms with Crippen LogP contribution >= 0.6 is 17.2 Å². The van der Waals surface area contributed by atoms with Gasteiger partial charge in [-0.15, -0.1) is 9.24 Å². The van der Waals surface area contributed by atoms with Crippen LogP contribution in [0, 0.1) is 47.3 Å². The molecular weight excluding hydrogens is 695 g/mol. The summed E-state index contributed by atoms with van der Waals surface area (Å²) in [6.45, 7) is 7.78. The zero-order valence-corrected chi connectivity index (χ0v) is 35.2. The molecule has 2 unspecified atom stereocenters. The van der Waals surface area contributed by atoms with Crippen LogP contribution in [0.5, 0.6) is 0 Å². The third kappa shape index (κ3) is 5.66. The van der Waals surface area contributed by atoms with Crippen LogP contribution in [-0.2, 0) is 5.16 Å². The van der Waals surface area contributed by atoms with Crippen molar-refractivity contribution < 1.29 is 0 Å². The number of pyridine rings is 2. The van der Waals surface area contributed by atoms with Gasteiger partial charge in [0, 0.05) is 10.8 Å². The molecule has 8 fully saturated rings. The Labute approximate surface area is 322 Å². The van der Waals surface area contributed by atoms with Crippen molar-refractivity contribution in [1.82, 2.24) is 9.97 Å². The van der Waals surface area contributed by atoms with E-state index in [9.17, 15) is 0 Å². The molecule has 2 heterocycles. The number of rotatable bonds is 8. The molecule has 2 aromatic carbocycles. The van der Waals surface area contributed by atoms with E-state index in [1.54, 1.807) is 69.8 Å². The van der Waals surface area contributed by atoms with Gasteiger partial charge in [0.15, 0.2) is 0 Å². The Bertz CT molecular complexity index is 1970. The number of aromatic nitrogens is 2. The number of allylic oxidation sites excluding steroid dienone is 4. The molecule has 0 aliphatic heterocycles. The van der Waals surface area contributed by atoms with Gasteiger partial charge in [-0.2, -0.15) is 0 Å². The molecule has 2 aromatic heterocycles. The predicted octanol–water partition coefficient (Wildman–Crippen LogP) is 12.6. The Morgan fingerprint density at radius 2 is 1.02 bits per heavy atom. The van der Waals surface area contributed by atoms with Crippen molar-refractivity contribution >= 4 is 47.0 Å². The zero-order valence-electron chi connectivity index (χ0n) is 32.1. The Kier molecular flexibility index (Phi) is 8.15. The van der Waals surface area contributed by atoms with Gasteiger partial charge in [-0.1, -0.05) is 88.2 Å². The van der Waals surface area contributed by atoms with Gasteiger partial charge in [0.05, 0.1) is 35.7 Å². The fraction of sp³-hybridized carbons (Fsp3) is 0.542. The molecule has 0 amide bonds. The highest BCUT2D eigenvalue weighted by Gasteiger charge is 2.57. The number of hydrogen-bond acceptors (Lipinski definition) is 2. The lowest BCUT2D eigenvalue weighted by Gasteiger charge is -2.62. The van der Waals surface area contributed by atoms with Gasteiger partial charge in [-0.05, 0) is 170 Å². The maximum Gasteiger partial charge on any atom is 0.0933 e. The Hall–Kier alpha value is -2.18. The average molecular weight is 753 g/mol. The van der Waals surface area contributed by atoms with E-state index in [0.717, 1.165) is 81.1 Å². The Balaban J connectivity index is 1.07. The minimum absolute atomic E-state index is 0.138. The lowest BCUT2D eigenvalue weighted by molar-refractivity contribution is 0.0131. The van der Waals surface area contributed by atoms with Crippen molar-refractivity contribution in [2.45, 2.75) is 106 Å². The van der Waals surface area contributed by atoms with Gasteiger partial charge < -0.3 is 0 Å². The minimum atomic E-state index is -1.55. The number of benzene rings is 2. The first-order chi connectivity index (χ1) is 25.7. The number of fused-ring (bicyclic) bond motifs is 2. The molecule has 4 aromatic rings. The first-order valence-corrected chi connectivity index (χ1v) is 27.2. The van der Waals surface area contributed by atoms with Gasteiger partial charge in [0.2, 0.25) is 0 Å². The van der Waals surface area contributed by atoms with Crippen LogP contribution in [-0.4, -0.2) is 35.5 Å². The van der Waals surface area contributed by atoms with E-state index in [1.807, 2.05) is 0 Å². The summed E-state index contributed by atoms with van der Waals surface area (Å²) in [5, 5.41) is 1.89. The van der Waals surface area contributed by atoms with Crippen LogP contribution in [0.15, 0.2) is 96.1 Å². The maximum atomic E-state index is 5.54. The van der Waals surface area contributed by atoms with E-state index in [0.29, 0.717) is 5.54 Å². The summed E-state index contributed by atoms with van der Waals surface area (Å²) in [6, 6.07) is 26.6. The molecule has 274 valence electrons. The molecule has 13 rings (SSSR count). The molecule has 8 bridgehead atoms. The molecule has 9 aliphatic carbocycles. The van der Waals surface area contributed by atoms with Crippen LogP contribution < -0.4 is 0 Å². The van der Waals surface area contributed by atoms with Crippen molar-refractivity contribution in [3.63, 3.8) is 0 Å². The number of hydrogen-bond donors (Lipinski definition) is 0. The Morgan fingerprint density at radius 3 is 1.45 bits per heavy atom. The van der Waals surface area contributed by atoms with Gasteiger partial charge in [0.25, 0.3) is 0 Å². The van der Waals surface area contributed by atoms with Gasteiger partial charge in [0.1, 0.15) is 0 Å². The van der Waals surface area contributed by atoms with Gasteiger partial charge in [-0.3, -0.25) is 9.97 Å². The quantitative estimate of drug-likeness (QED) is 0.132. The lowest BCUT2D eigenvalue weighted by Crippen LogP contribution is -2.53. The molecule has 0 N–H and O–H groups in total. The Morgan fingerprint density at radius 1 is 0.585 bits per heavy atom. The van der Waals surface area contributed by atoms with Crippen LogP contribution in [0.3, 0.4) is 0 Å². The fourth-order valence-electron chi connectivity index (χ4n) is 14.1. The van der Waals surface area contributed by atoms with Crippen molar-refractivity contribution in [3.05, 3.63) is 107 Å². The fourth-order valence-corrected chi connectivity index (χ4v) is 20.7. The van der Waals surface area contributed by atoms with Crippen LogP contribution in [0.2, 0.25) is 25.2 Å². The van der Waals surface area contributed by atoms with E-state index in [1.165, 1.54) is 22.5 Å². The van der Waals surface area contributed by atoms with Crippen LogP contribution in [0.1, 0.15) is 75.6 Å². The first kappa shape index (κ1) is 34.1. The number of nitrogens with zero attached hydrogens (tertiary/aromatic N) is 2. The predicted molar refractivity (Wildman–Crippen MR) is 231 cm³/mol. The lowest BCUT2D eigenvalue weighted by atomic mass is 9.55. The molecule has 2 atom stereocenters. The molecular formula is C48H58N2P2Si. The maximum absolute atomic E-state index is 5.54. The second kappa shape index (κ2) is 12.7. The molecule has 5 heteroatoms. The SMILES string of the molecule is C[Si](C)(C)C1C=C(CP(C2C3CC4CC(C3)CC2C4)C2C3CC4CC(C3)CC2C4)C(C(P)(c2ccc3ccccc3n2)c2ccc3ccccc3n2)=C1. The highest BCUT2D eigenvalue weighted by atomic mass is 31.1. The summed E-state index contributed by atoms with van der Waals surface area (Å²) >= 11 is 0. The summed E-state index contributed by atoms with van der Waals surface area (Å²) in [7, 11) is 1.76. The van der Waals surface area contributed by atoms with Crippen LogP contribution in [0.25, 0.3) is 21.8 Å². The summed E-state index contributed by atoms with van der Waals surface area (Å²) in [4.78, 5) is 11.1. The van der Waals surface area contributed by atoms with E-state index in [2.05, 4.69) is 114 Å². The van der Waals surface area contributed by atoms with Gasteiger partial charge >= 0.3 is 0 Å². The second-order valence-electron chi connectivity index (χ2n) is 20.3. The molecule has 2 nitrogen and oxygen atoms in total. The van der Waals surface area contributed by atoms with E-state index in [-0.39, 0.29) is 7.92 Å². The largest absolute Gasteiger partial charge is 0.251 e. The second-order valence-corrected chi connectivity index (χ2v) is 29.1. The van der Waals surface area contributed by atoms with Crippen LogP contribution in [0.4, 0.5) is 0 Å². The number of para-hydroxylation sites is 2. The van der Waals surface area contributed by atoms with Crippen molar-refractivity contribution in [2.24, 2.45) is 47.3 Å². The monoisotopic (exact) mass is 752 g/mol. The minimum Gasteiger partial charge on any atom is -0.251 e. The summed E-state index contributed by atoms with van der Waals surface area (Å²) in [6.07, 6.45) is 22.5.